The lowest BCUT2D eigenvalue weighted by molar-refractivity contribution is -0.385. The molecule has 0 aliphatic rings. The van der Waals surface area contributed by atoms with E-state index in [0.29, 0.717) is 0 Å². The van der Waals surface area contributed by atoms with Crippen molar-refractivity contribution in [3.63, 3.8) is 0 Å². The predicted octanol–water partition coefficient (Wildman–Crippen LogP) is 2.51. The Labute approximate surface area is 110 Å². The molecule has 0 aliphatic heterocycles. The van der Waals surface area contributed by atoms with Gasteiger partial charge in [0, 0.05) is 28.7 Å². The van der Waals surface area contributed by atoms with Crippen LogP contribution in [0.4, 0.5) is 10.5 Å². The summed E-state index contributed by atoms with van der Waals surface area (Å²) in [6.07, 6.45) is -1.03. The molecule has 1 aromatic rings. The van der Waals surface area contributed by atoms with Crippen LogP contribution in [0.3, 0.4) is 0 Å². The largest absolute Gasteiger partial charge is 0.515 e. The SMILES string of the molecule is O=C(OCC#CI)Oc1ccccc1[N+](=O)[O-]. The monoisotopic (exact) mass is 347 g/mol. The highest BCUT2D eigenvalue weighted by molar-refractivity contribution is 14.1. The summed E-state index contributed by atoms with van der Waals surface area (Å²) in [6, 6.07) is 5.52. The van der Waals surface area contributed by atoms with Crippen LogP contribution < -0.4 is 4.74 Å². The first-order chi connectivity index (χ1) is 8.15. The molecule has 0 saturated carbocycles. The Hall–Kier alpha value is -1.82. The second kappa shape index (κ2) is 6.70. The van der Waals surface area contributed by atoms with Crippen molar-refractivity contribution in [2.75, 3.05) is 6.61 Å². The predicted molar refractivity (Wildman–Crippen MR) is 66.9 cm³/mol. The highest BCUT2D eigenvalue weighted by atomic mass is 127. The van der Waals surface area contributed by atoms with Crippen molar-refractivity contribution in [1.29, 1.82) is 0 Å². The Balaban J connectivity index is 2.70. The molecule has 0 heterocycles. The van der Waals surface area contributed by atoms with E-state index in [9.17, 15) is 14.9 Å². The van der Waals surface area contributed by atoms with Crippen molar-refractivity contribution in [2.45, 2.75) is 0 Å². The number of nitrogens with zero attached hydrogens (tertiary/aromatic N) is 1. The molecule has 0 unspecified atom stereocenters. The lowest BCUT2D eigenvalue weighted by Gasteiger charge is -2.03. The van der Waals surface area contributed by atoms with Crippen molar-refractivity contribution in [1.82, 2.24) is 0 Å². The van der Waals surface area contributed by atoms with E-state index in [4.69, 9.17) is 0 Å². The van der Waals surface area contributed by atoms with E-state index >= 15 is 0 Å². The molecular weight excluding hydrogens is 341 g/mol. The standard InChI is InChI=1S/C10H6INO5/c11-6-3-7-16-10(13)17-9-5-2-1-4-8(9)12(14)15/h1-2,4-5H,7H2. The van der Waals surface area contributed by atoms with Crippen molar-refractivity contribution in [3.8, 4) is 15.6 Å². The van der Waals surface area contributed by atoms with Crippen molar-refractivity contribution in [2.24, 2.45) is 0 Å². The molecule has 0 aromatic heterocycles. The molecule has 1 aromatic carbocycles. The maximum Gasteiger partial charge on any atom is 0.515 e. The van der Waals surface area contributed by atoms with E-state index < -0.39 is 11.1 Å². The van der Waals surface area contributed by atoms with E-state index in [1.165, 1.54) is 24.3 Å². The van der Waals surface area contributed by atoms with Gasteiger partial charge in [0.25, 0.3) is 0 Å². The van der Waals surface area contributed by atoms with Gasteiger partial charge in [0.05, 0.1) is 4.92 Å². The van der Waals surface area contributed by atoms with Gasteiger partial charge in [0.2, 0.25) is 5.75 Å². The number of benzene rings is 1. The number of carbonyl (C=O) groups excluding carboxylic acids is 1. The Kier molecular flexibility index (Phi) is 5.22. The average molecular weight is 347 g/mol. The summed E-state index contributed by atoms with van der Waals surface area (Å²) in [6.45, 7) is -0.123. The smallest absolute Gasteiger partial charge is 0.421 e. The molecule has 0 bridgehead atoms. The molecule has 1 rings (SSSR count). The van der Waals surface area contributed by atoms with Crippen LogP contribution in [0.15, 0.2) is 24.3 Å². The van der Waals surface area contributed by atoms with Gasteiger partial charge in [0.15, 0.2) is 6.61 Å². The molecule has 0 radical (unpaired) electrons. The van der Waals surface area contributed by atoms with E-state index in [1.54, 1.807) is 22.6 Å². The zero-order valence-corrected chi connectivity index (χ0v) is 10.5. The molecular formula is C10H6INO5. The van der Waals surface area contributed by atoms with Gasteiger partial charge < -0.3 is 9.47 Å². The first-order valence-electron chi connectivity index (χ1n) is 4.31. The Morgan fingerprint density at radius 1 is 1.47 bits per heavy atom. The quantitative estimate of drug-likeness (QED) is 0.210. The van der Waals surface area contributed by atoms with Crippen LogP contribution in [0.2, 0.25) is 0 Å². The lowest BCUT2D eigenvalue weighted by Crippen LogP contribution is -2.11. The van der Waals surface area contributed by atoms with Gasteiger partial charge in [-0.3, -0.25) is 10.1 Å². The molecule has 0 saturated heterocycles. The van der Waals surface area contributed by atoms with Crippen molar-refractivity contribution < 1.29 is 19.2 Å². The van der Waals surface area contributed by atoms with Crippen LogP contribution in [-0.4, -0.2) is 17.7 Å². The minimum absolute atomic E-state index is 0.123. The Morgan fingerprint density at radius 3 is 2.82 bits per heavy atom. The molecule has 0 aliphatic carbocycles. The van der Waals surface area contributed by atoms with E-state index in [0.717, 1.165) is 0 Å². The molecule has 17 heavy (non-hydrogen) atoms. The van der Waals surface area contributed by atoms with Gasteiger partial charge in [-0.05, 0) is 9.99 Å². The number of carbonyl (C=O) groups is 1. The third kappa shape index (κ3) is 4.28. The molecule has 0 atom stereocenters. The zero-order chi connectivity index (χ0) is 12.7. The second-order valence-corrected chi connectivity index (χ2v) is 3.18. The molecule has 7 heteroatoms. The summed E-state index contributed by atoms with van der Waals surface area (Å²) < 4.78 is 11.7. The minimum Gasteiger partial charge on any atom is -0.421 e. The normalized spacial score (nSPS) is 8.76. The first kappa shape index (κ1) is 13.2. The van der Waals surface area contributed by atoms with Gasteiger partial charge >= 0.3 is 11.8 Å². The van der Waals surface area contributed by atoms with Gasteiger partial charge in [-0.25, -0.2) is 4.79 Å². The van der Waals surface area contributed by atoms with Crippen LogP contribution in [0.1, 0.15) is 0 Å². The summed E-state index contributed by atoms with van der Waals surface area (Å²) in [5.41, 5.74) is -0.301. The number of hydrogen-bond donors (Lipinski definition) is 0. The third-order valence-electron chi connectivity index (χ3n) is 1.58. The highest BCUT2D eigenvalue weighted by Gasteiger charge is 2.17. The van der Waals surface area contributed by atoms with Gasteiger partial charge in [0.1, 0.15) is 0 Å². The van der Waals surface area contributed by atoms with E-state index in [2.05, 4.69) is 19.3 Å². The fraction of sp³-hybridized carbons (Fsp3) is 0.100. The fourth-order valence-electron chi connectivity index (χ4n) is 0.936. The third-order valence-corrected chi connectivity index (χ3v) is 1.97. The summed E-state index contributed by atoms with van der Waals surface area (Å²) in [5.74, 6) is 2.32. The Morgan fingerprint density at radius 2 is 2.18 bits per heavy atom. The van der Waals surface area contributed by atoms with Crippen LogP contribution in [0.5, 0.6) is 5.75 Å². The number of ether oxygens (including phenoxy) is 2. The van der Waals surface area contributed by atoms with Gasteiger partial charge in [-0.2, -0.15) is 0 Å². The van der Waals surface area contributed by atoms with E-state index in [-0.39, 0.29) is 18.0 Å². The highest BCUT2D eigenvalue weighted by Crippen LogP contribution is 2.25. The Bertz CT molecular complexity index is 491. The maximum absolute atomic E-state index is 11.1. The van der Waals surface area contributed by atoms with Crippen molar-refractivity contribution in [3.05, 3.63) is 34.4 Å². The number of halogens is 1. The van der Waals surface area contributed by atoms with Gasteiger partial charge in [-0.1, -0.05) is 18.1 Å². The molecule has 0 fully saturated rings. The minimum atomic E-state index is -1.03. The number of nitro groups is 1. The molecule has 0 N–H and O–H groups in total. The summed E-state index contributed by atoms with van der Waals surface area (Å²) in [7, 11) is 0. The van der Waals surface area contributed by atoms with Crippen LogP contribution in [0.25, 0.3) is 0 Å². The van der Waals surface area contributed by atoms with Gasteiger partial charge in [-0.15, -0.1) is 0 Å². The molecule has 88 valence electrons. The molecule has 0 spiro atoms. The zero-order valence-electron chi connectivity index (χ0n) is 8.38. The summed E-state index contributed by atoms with van der Waals surface area (Å²) in [5, 5.41) is 10.6. The summed E-state index contributed by atoms with van der Waals surface area (Å²) >= 11 is 1.79. The van der Waals surface area contributed by atoms with Crippen LogP contribution >= 0.6 is 22.6 Å². The lowest BCUT2D eigenvalue weighted by atomic mass is 10.3. The van der Waals surface area contributed by atoms with E-state index in [1.807, 2.05) is 0 Å². The maximum atomic E-state index is 11.1. The fourth-order valence-corrected chi connectivity index (χ4v) is 1.09. The summed E-state index contributed by atoms with van der Waals surface area (Å²) in [4.78, 5) is 21.1. The van der Waals surface area contributed by atoms with Crippen molar-refractivity contribution >= 4 is 34.4 Å². The second-order valence-electron chi connectivity index (χ2n) is 2.64. The van der Waals surface area contributed by atoms with Crippen LogP contribution in [0, 0.1) is 20.0 Å². The topological polar surface area (TPSA) is 78.7 Å². The molecule has 0 amide bonds. The van der Waals surface area contributed by atoms with Crippen LogP contribution in [-0.2, 0) is 4.74 Å². The number of para-hydroxylation sites is 2. The number of rotatable bonds is 3. The number of hydrogen-bond acceptors (Lipinski definition) is 5. The average Bonchev–Trinajstić information content (AvgIpc) is 2.29. The first-order valence-corrected chi connectivity index (χ1v) is 5.39. The number of nitro benzene ring substituents is 1. The molecule has 6 nitrogen and oxygen atoms in total.